The van der Waals surface area contributed by atoms with Crippen LogP contribution in [-0.2, 0) is 16.0 Å². The summed E-state index contributed by atoms with van der Waals surface area (Å²) in [4.78, 5) is 24.1. The Bertz CT molecular complexity index is 1460. The maximum absolute atomic E-state index is 14.6. The quantitative estimate of drug-likeness (QED) is 0.338. The fourth-order valence-corrected chi connectivity index (χ4v) is 5.09. The smallest absolute Gasteiger partial charge is 0.412 e. The molecule has 3 aromatic rings. The Balaban J connectivity index is 1.17. The van der Waals surface area contributed by atoms with E-state index in [9.17, 15) is 18.4 Å². The molecule has 0 unspecified atom stereocenters. The molecule has 1 fully saturated rings. The first kappa shape index (κ1) is 23.3. The number of fused-ring (bicyclic) bond motifs is 8. The van der Waals surface area contributed by atoms with Crippen molar-refractivity contribution < 1.29 is 27.8 Å². The normalized spacial score (nSPS) is 18.7. The lowest BCUT2D eigenvalue weighted by Gasteiger charge is -2.18. The van der Waals surface area contributed by atoms with Crippen LogP contribution in [-0.4, -0.2) is 24.9 Å². The molecule has 3 aliphatic rings. The van der Waals surface area contributed by atoms with E-state index in [1.54, 1.807) is 12.1 Å². The lowest BCUT2D eigenvalue weighted by molar-refractivity contribution is 0.0857. The molecule has 3 aromatic carbocycles. The molecule has 0 aromatic heterocycles. The summed E-state index contributed by atoms with van der Waals surface area (Å²) in [5.74, 6) is -2.25. The summed E-state index contributed by atoms with van der Waals surface area (Å²) < 4.78 is 39.8. The van der Waals surface area contributed by atoms with Gasteiger partial charge in [0.2, 0.25) is 0 Å². The number of rotatable bonds is 5. The second-order valence-electron chi connectivity index (χ2n) is 9.50. The highest BCUT2D eigenvalue weighted by molar-refractivity contribution is 6.04. The largest absolute Gasteiger partial charge is 0.453 e. The van der Waals surface area contributed by atoms with Gasteiger partial charge in [0, 0.05) is 23.2 Å². The minimum absolute atomic E-state index is 0.144. The molecule has 2 bridgehead atoms. The van der Waals surface area contributed by atoms with Crippen molar-refractivity contribution in [1.82, 2.24) is 10.6 Å². The van der Waals surface area contributed by atoms with Crippen molar-refractivity contribution in [3.05, 3.63) is 105 Å². The van der Waals surface area contributed by atoms with Gasteiger partial charge in [0.1, 0.15) is 29.7 Å². The third kappa shape index (κ3) is 4.05. The molecule has 0 spiro atoms. The SMILES string of the molecule is COC(=O)NC(=N)c1cc(F)c(CNC(=O)c2ccc3c(c2)[C@@H]2O[C@H]3c3ccc(C4CC4)cc32)c(F)c1. The predicted molar refractivity (Wildman–Crippen MR) is 130 cm³/mol. The van der Waals surface area contributed by atoms with E-state index in [0.717, 1.165) is 35.9 Å². The molecule has 7 nitrogen and oxygen atoms in total. The Labute approximate surface area is 211 Å². The maximum Gasteiger partial charge on any atom is 0.412 e. The van der Waals surface area contributed by atoms with E-state index in [1.165, 1.54) is 24.0 Å². The Kier molecular flexibility index (Phi) is 5.52. The molecule has 1 saturated carbocycles. The highest BCUT2D eigenvalue weighted by atomic mass is 19.1. The molecular weight excluding hydrogens is 480 g/mol. The van der Waals surface area contributed by atoms with Crippen LogP contribution in [0.2, 0.25) is 0 Å². The standard InChI is InChI=1S/C28H23F2N3O4/c1-36-28(35)33-26(31)16-10-22(29)21(23(30)11-16)12-32-27(34)15-5-7-18-20(9-15)25-19-8-14(13-2-3-13)4-6-17(19)24(18)37-25/h4-11,13,24-25H,2-3,12H2,1H3,(H,32,34)(H2,31,33,35)/t24-,25+/m0/s1. The minimum Gasteiger partial charge on any atom is -0.453 e. The van der Waals surface area contributed by atoms with Crippen molar-refractivity contribution in [2.45, 2.75) is 37.5 Å². The summed E-state index contributed by atoms with van der Waals surface area (Å²) in [6.07, 6.45) is 1.13. The molecular formula is C28H23F2N3O4. The fourth-order valence-electron chi connectivity index (χ4n) is 5.09. The number of nitrogens with one attached hydrogen (secondary N) is 3. The van der Waals surface area contributed by atoms with Gasteiger partial charge < -0.3 is 14.8 Å². The lowest BCUT2D eigenvalue weighted by atomic mass is 9.84. The number of alkyl carbamates (subject to hydrolysis) is 1. The van der Waals surface area contributed by atoms with Gasteiger partial charge >= 0.3 is 6.09 Å². The molecule has 9 heteroatoms. The van der Waals surface area contributed by atoms with Gasteiger partial charge in [0.15, 0.2) is 0 Å². The summed E-state index contributed by atoms with van der Waals surface area (Å²) in [5, 5.41) is 12.4. The summed E-state index contributed by atoms with van der Waals surface area (Å²) in [5.41, 5.74) is 5.47. The fraction of sp³-hybridized carbons (Fsp3) is 0.250. The van der Waals surface area contributed by atoms with Crippen molar-refractivity contribution in [2.75, 3.05) is 7.11 Å². The third-order valence-electron chi connectivity index (χ3n) is 7.18. The number of benzene rings is 3. The molecule has 6 rings (SSSR count). The molecule has 1 aliphatic carbocycles. The second-order valence-corrected chi connectivity index (χ2v) is 9.50. The Hall–Kier alpha value is -4.11. The van der Waals surface area contributed by atoms with E-state index in [4.69, 9.17) is 10.1 Å². The summed E-state index contributed by atoms with van der Waals surface area (Å²) in [6.45, 7) is -0.387. The summed E-state index contributed by atoms with van der Waals surface area (Å²) >= 11 is 0. The lowest BCUT2D eigenvalue weighted by Crippen LogP contribution is -2.30. The van der Waals surface area contributed by atoms with Gasteiger partial charge in [-0.05, 0) is 70.8 Å². The number of amidine groups is 1. The molecule has 2 heterocycles. The van der Waals surface area contributed by atoms with Gasteiger partial charge in [-0.25, -0.2) is 13.6 Å². The van der Waals surface area contributed by atoms with Crippen LogP contribution in [0.1, 0.15) is 80.3 Å². The first-order chi connectivity index (χ1) is 17.8. The molecule has 2 amide bonds. The number of hydrogen-bond acceptors (Lipinski definition) is 5. The number of halogens is 2. The molecule has 0 radical (unpaired) electrons. The number of amides is 2. The first-order valence-corrected chi connectivity index (χ1v) is 12.0. The van der Waals surface area contributed by atoms with Crippen molar-refractivity contribution >= 4 is 17.8 Å². The molecule has 188 valence electrons. The number of ether oxygens (including phenoxy) is 2. The monoisotopic (exact) mass is 503 g/mol. The van der Waals surface area contributed by atoms with E-state index >= 15 is 0 Å². The minimum atomic E-state index is -0.950. The maximum atomic E-state index is 14.6. The van der Waals surface area contributed by atoms with Gasteiger partial charge in [-0.3, -0.25) is 15.5 Å². The van der Waals surface area contributed by atoms with Crippen LogP contribution in [0.5, 0.6) is 0 Å². The number of carbonyl (C=O) groups excluding carboxylic acids is 2. The molecule has 3 N–H and O–H groups in total. The van der Waals surface area contributed by atoms with E-state index in [0.29, 0.717) is 11.5 Å². The highest BCUT2D eigenvalue weighted by Crippen LogP contribution is 2.55. The van der Waals surface area contributed by atoms with Gasteiger partial charge in [-0.15, -0.1) is 0 Å². The zero-order valence-electron chi connectivity index (χ0n) is 19.9. The van der Waals surface area contributed by atoms with Crippen LogP contribution in [0.25, 0.3) is 0 Å². The van der Waals surface area contributed by atoms with E-state index < -0.39 is 29.5 Å². The second kappa shape index (κ2) is 8.77. The van der Waals surface area contributed by atoms with Gasteiger partial charge in [-0.2, -0.15) is 0 Å². The summed E-state index contributed by atoms with van der Waals surface area (Å²) in [7, 11) is 1.11. The number of hydrogen-bond donors (Lipinski definition) is 3. The third-order valence-corrected chi connectivity index (χ3v) is 7.18. The van der Waals surface area contributed by atoms with Gasteiger partial charge in [-0.1, -0.05) is 24.3 Å². The van der Waals surface area contributed by atoms with Gasteiger partial charge in [0.05, 0.1) is 7.11 Å². The van der Waals surface area contributed by atoms with Crippen molar-refractivity contribution in [3.8, 4) is 0 Å². The average Bonchev–Trinajstić information content (AvgIpc) is 3.59. The molecule has 0 saturated heterocycles. The highest BCUT2D eigenvalue weighted by Gasteiger charge is 2.43. The van der Waals surface area contributed by atoms with Crippen LogP contribution in [0.3, 0.4) is 0 Å². The Morgan fingerprint density at radius 2 is 1.59 bits per heavy atom. The van der Waals surface area contributed by atoms with Crippen LogP contribution in [0.15, 0.2) is 48.5 Å². The van der Waals surface area contributed by atoms with Crippen LogP contribution in [0.4, 0.5) is 13.6 Å². The zero-order chi connectivity index (χ0) is 25.8. The van der Waals surface area contributed by atoms with Crippen molar-refractivity contribution in [2.24, 2.45) is 0 Å². The van der Waals surface area contributed by atoms with Crippen LogP contribution in [0, 0.1) is 17.0 Å². The van der Waals surface area contributed by atoms with E-state index in [2.05, 4.69) is 28.3 Å². The topological polar surface area (TPSA) is 101 Å². The van der Waals surface area contributed by atoms with Crippen LogP contribution < -0.4 is 10.6 Å². The Morgan fingerprint density at radius 1 is 0.946 bits per heavy atom. The van der Waals surface area contributed by atoms with Crippen LogP contribution >= 0.6 is 0 Å². The van der Waals surface area contributed by atoms with Crippen molar-refractivity contribution in [3.63, 3.8) is 0 Å². The average molecular weight is 504 g/mol. The zero-order valence-corrected chi connectivity index (χ0v) is 19.9. The Morgan fingerprint density at radius 3 is 2.27 bits per heavy atom. The number of methoxy groups -OCH3 is 1. The first-order valence-electron chi connectivity index (χ1n) is 12.0. The van der Waals surface area contributed by atoms with E-state index in [-0.39, 0.29) is 29.9 Å². The molecule has 2 atom stereocenters. The molecule has 2 aliphatic heterocycles. The van der Waals surface area contributed by atoms with Crippen molar-refractivity contribution in [1.29, 1.82) is 5.41 Å². The predicted octanol–water partition coefficient (Wildman–Crippen LogP) is 4.98. The van der Waals surface area contributed by atoms with E-state index in [1.807, 2.05) is 11.4 Å². The van der Waals surface area contributed by atoms with Gasteiger partial charge in [0.25, 0.3) is 5.91 Å². The number of carbonyl (C=O) groups is 2. The molecule has 37 heavy (non-hydrogen) atoms. The summed E-state index contributed by atoms with van der Waals surface area (Å²) in [6, 6.07) is 13.7.